The summed E-state index contributed by atoms with van der Waals surface area (Å²) in [6, 6.07) is 21.9. The lowest BCUT2D eigenvalue weighted by atomic mass is 9.63. The molecule has 7 rings (SSSR count). The molecule has 3 aliphatic carbocycles. The Morgan fingerprint density at radius 2 is 1.32 bits per heavy atom. The highest BCUT2D eigenvalue weighted by atomic mass is 32.1. The quantitative estimate of drug-likeness (QED) is 0.409. The lowest BCUT2D eigenvalue weighted by Crippen LogP contribution is -2.40. The van der Waals surface area contributed by atoms with Crippen molar-refractivity contribution in [2.45, 2.75) is 39.5 Å². The summed E-state index contributed by atoms with van der Waals surface area (Å²) in [7, 11) is 0. The Kier molecular flexibility index (Phi) is 4.81. The maximum Gasteiger partial charge on any atom is 0.239 e. The highest BCUT2D eigenvalue weighted by Crippen LogP contribution is 2.73. The third-order valence-corrected chi connectivity index (χ3v) is 10.7. The molecule has 0 N–H and O–H groups in total. The molecule has 4 aliphatic rings. The molecule has 2 heterocycles. The number of Topliss-reactive ketones (excluding diaryl/α,β-unsaturated/α-hetero) is 1. The van der Waals surface area contributed by atoms with Gasteiger partial charge in [0, 0.05) is 4.88 Å². The number of ketones is 1. The van der Waals surface area contributed by atoms with E-state index >= 15 is 0 Å². The zero-order valence-corrected chi connectivity index (χ0v) is 22.1. The Morgan fingerprint density at radius 1 is 0.816 bits per heavy atom. The molecule has 2 bridgehead atoms. The molecule has 4 atom stereocenters. The van der Waals surface area contributed by atoms with Crippen molar-refractivity contribution in [3.8, 4) is 6.07 Å². The van der Waals surface area contributed by atoms with Crippen LogP contribution in [-0.4, -0.2) is 17.6 Å². The summed E-state index contributed by atoms with van der Waals surface area (Å²) >= 11 is 1.41. The van der Waals surface area contributed by atoms with E-state index in [1.807, 2.05) is 74.5 Å². The first-order valence-electron chi connectivity index (χ1n) is 13.2. The maximum absolute atomic E-state index is 14.4. The number of nitriles is 1. The van der Waals surface area contributed by atoms with E-state index in [0.717, 1.165) is 58.4 Å². The predicted octanol–water partition coefficient (Wildman–Crippen LogP) is 5.82. The van der Waals surface area contributed by atoms with Gasteiger partial charge >= 0.3 is 0 Å². The van der Waals surface area contributed by atoms with Crippen molar-refractivity contribution >= 4 is 45.1 Å². The van der Waals surface area contributed by atoms with Gasteiger partial charge in [-0.3, -0.25) is 14.4 Å². The summed E-state index contributed by atoms with van der Waals surface area (Å²) < 4.78 is 0. The van der Waals surface area contributed by atoms with Crippen molar-refractivity contribution in [3.05, 3.63) is 87.8 Å². The monoisotopic (exact) mass is 518 g/mol. The highest BCUT2D eigenvalue weighted by molar-refractivity contribution is 7.17. The van der Waals surface area contributed by atoms with Gasteiger partial charge in [0.15, 0.2) is 5.78 Å². The van der Waals surface area contributed by atoms with Gasteiger partial charge in [-0.2, -0.15) is 5.26 Å². The minimum atomic E-state index is -1.16. The number of aryl methyl sites for hydroxylation is 1. The second-order valence-electron chi connectivity index (χ2n) is 11.2. The summed E-state index contributed by atoms with van der Waals surface area (Å²) in [5, 5.41) is 10.5. The first-order chi connectivity index (χ1) is 18.3. The zero-order valence-electron chi connectivity index (χ0n) is 21.3. The summed E-state index contributed by atoms with van der Waals surface area (Å²) in [6.45, 7) is 3.71. The van der Waals surface area contributed by atoms with Crippen molar-refractivity contribution in [2.24, 2.45) is 22.7 Å². The van der Waals surface area contributed by atoms with Gasteiger partial charge in [-0.05, 0) is 67.4 Å². The van der Waals surface area contributed by atoms with E-state index in [0.29, 0.717) is 10.6 Å². The lowest BCUT2D eigenvalue weighted by Gasteiger charge is -2.35. The van der Waals surface area contributed by atoms with Crippen LogP contribution >= 0.6 is 11.3 Å². The van der Waals surface area contributed by atoms with E-state index in [2.05, 4.69) is 6.07 Å². The number of anilines is 1. The smallest absolute Gasteiger partial charge is 0.239 e. The Bertz CT molecular complexity index is 1550. The second-order valence-corrected chi connectivity index (χ2v) is 12.3. The lowest BCUT2D eigenvalue weighted by molar-refractivity contribution is -0.133. The number of allylic oxidation sites excluding steroid dienone is 2. The molecule has 0 spiro atoms. The summed E-state index contributed by atoms with van der Waals surface area (Å²) in [5.74, 6) is -2.38. The average Bonchev–Trinajstić information content (AvgIpc) is 3.55. The first-order valence-corrected chi connectivity index (χ1v) is 14.0. The van der Waals surface area contributed by atoms with Crippen molar-refractivity contribution < 1.29 is 14.4 Å². The van der Waals surface area contributed by atoms with Crippen molar-refractivity contribution in [1.82, 2.24) is 0 Å². The number of imide groups is 1. The molecule has 2 aromatic carbocycles. The molecule has 1 aliphatic heterocycles. The minimum absolute atomic E-state index is 0.0648. The predicted molar refractivity (Wildman–Crippen MR) is 146 cm³/mol. The van der Waals surface area contributed by atoms with Crippen LogP contribution in [0.15, 0.2) is 60.7 Å². The molecule has 5 nitrogen and oxygen atoms in total. The van der Waals surface area contributed by atoms with E-state index in [1.165, 1.54) is 16.2 Å². The number of benzene rings is 2. The standard InChI is InChI=1S/C32H26N2O3S/c1-31-23(18-11-5-3-6-12-18)24(19-13-7-4-8-14-19)32(2,30(31)37)26-25(31)27(35)34(28(26)36)29-21(17-33)20-15-9-10-16-22(20)38-29/h3-8,11-14,25-26H,9-10,15-16H2,1-2H3. The van der Waals surface area contributed by atoms with E-state index < -0.39 is 22.7 Å². The maximum atomic E-state index is 14.4. The topological polar surface area (TPSA) is 78.2 Å². The minimum Gasteiger partial charge on any atom is -0.298 e. The number of nitrogens with zero attached hydrogens (tertiary/aromatic N) is 2. The number of fused-ring (bicyclic) bond motifs is 6. The van der Waals surface area contributed by atoms with Crippen LogP contribution < -0.4 is 4.90 Å². The van der Waals surface area contributed by atoms with E-state index in [9.17, 15) is 19.6 Å². The third kappa shape index (κ3) is 2.62. The molecule has 6 heteroatoms. The van der Waals surface area contributed by atoms with Gasteiger partial charge < -0.3 is 0 Å². The largest absolute Gasteiger partial charge is 0.298 e. The number of carbonyl (C=O) groups excluding carboxylic acids is 3. The molecule has 1 saturated carbocycles. The van der Waals surface area contributed by atoms with Crippen LogP contribution in [0.4, 0.5) is 5.00 Å². The fourth-order valence-electron chi connectivity index (χ4n) is 7.83. The Morgan fingerprint density at radius 3 is 1.82 bits per heavy atom. The van der Waals surface area contributed by atoms with Gasteiger partial charge in [-0.1, -0.05) is 60.7 Å². The fraction of sp³-hybridized carbons (Fsp3) is 0.312. The average molecular weight is 519 g/mol. The van der Waals surface area contributed by atoms with Gasteiger partial charge in [0.05, 0.1) is 28.2 Å². The van der Waals surface area contributed by atoms with Gasteiger partial charge in [-0.25, -0.2) is 4.90 Å². The van der Waals surface area contributed by atoms with Crippen molar-refractivity contribution in [1.29, 1.82) is 5.26 Å². The number of hydrogen-bond acceptors (Lipinski definition) is 5. The van der Waals surface area contributed by atoms with Crippen LogP contribution in [0, 0.1) is 34.0 Å². The van der Waals surface area contributed by atoms with E-state index in [1.54, 1.807) is 0 Å². The van der Waals surface area contributed by atoms with Gasteiger partial charge in [-0.15, -0.1) is 11.3 Å². The molecule has 2 amide bonds. The van der Waals surface area contributed by atoms with Crippen LogP contribution in [0.2, 0.25) is 0 Å². The molecule has 188 valence electrons. The van der Waals surface area contributed by atoms with Gasteiger partial charge in [0.1, 0.15) is 11.1 Å². The second kappa shape index (κ2) is 7.85. The fourth-order valence-corrected chi connectivity index (χ4v) is 9.18. The molecule has 38 heavy (non-hydrogen) atoms. The molecule has 1 saturated heterocycles. The third-order valence-electron chi connectivity index (χ3n) is 9.37. The van der Waals surface area contributed by atoms with Crippen LogP contribution in [0.5, 0.6) is 0 Å². The van der Waals surface area contributed by atoms with Crippen LogP contribution in [0.1, 0.15) is 53.8 Å². The van der Waals surface area contributed by atoms with Gasteiger partial charge in [0.25, 0.3) is 0 Å². The summed E-state index contributed by atoms with van der Waals surface area (Å²) in [5.41, 5.74) is 2.61. The van der Waals surface area contributed by atoms with Crippen molar-refractivity contribution in [3.63, 3.8) is 0 Å². The van der Waals surface area contributed by atoms with E-state index in [-0.39, 0.29) is 17.6 Å². The Hall–Kier alpha value is -3.82. The van der Waals surface area contributed by atoms with E-state index in [4.69, 9.17) is 0 Å². The number of thiophene rings is 1. The molecule has 3 aromatic rings. The number of carbonyl (C=O) groups is 3. The first kappa shape index (κ1) is 23.3. The Labute approximate surface area is 225 Å². The highest BCUT2D eigenvalue weighted by Gasteiger charge is 2.79. The Balaban J connectivity index is 1.46. The van der Waals surface area contributed by atoms with Crippen LogP contribution in [0.25, 0.3) is 11.1 Å². The number of hydrogen-bond donors (Lipinski definition) is 0. The molecular weight excluding hydrogens is 492 g/mol. The SMILES string of the molecule is CC12C(=O)C(C)(C(c3ccccc3)=C1c1ccccc1)C1C(=O)N(c3sc4c(c3C#N)CCCC4)C(=O)C12. The van der Waals surface area contributed by atoms with Gasteiger partial charge in [0.2, 0.25) is 11.8 Å². The summed E-state index contributed by atoms with van der Waals surface area (Å²) in [4.78, 5) is 45.4. The number of amides is 2. The van der Waals surface area contributed by atoms with Crippen molar-refractivity contribution in [2.75, 3.05) is 4.90 Å². The number of rotatable bonds is 3. The molecule has 2 fully saturated rings. The molecule has 1 aromatic heterocycles. The van der Waals surface area contributed by atoms with Crippen LogP contribution in [-0.2, 0) is 27.2 Å². The molecule has 0 radical (unpaired) electrons. The normalized spacial score (nSPS) is 29.6. The zero-order chi connectivity index (χ0) is 26.4. The summed E-state index contributed by atoms with van der Waals surface area (Å²) in [6.07, 6.45) is 3.70. The molecule has 4 unspecified atom stereocenters. The molecular formula is C32H26N2O3S. The van der Waals surface area contributed by atoms with Crippen LogP contribution in [0.3, 0.4) is 0 Å².